The fourth-order valence-electron chi connectivity index (χ4n) is 1.93. The molecule has 0 bridgehead atoms. The average molecular weight is 215 g/mol. The SMILES string of the molecule is N#CC1CC1.Oc1ccc2c(c1)CCCC2. The number of hydrogen-bond acceptors (Lipinski definition) is 2. The Morgan fingerprint density at radius 1 is 1.12 bits per heavy atom. The van der Waals surface area contributed by atoms with Crippen molar-refractivity contribution in [3.8, 4) is 11.8 Å². The second-order valence-corrected chi connectivity index (χ2v) is 4.56. The summed E-state index contributed by atoms with van der Waals surface area (Å²) in [4.78, 5) is 0. The van der Waals surface area contributed by atoms with E-state index in [1.807, 2.05) is 12.1 Å². The number of benzene rings is 1. The lowest BCUT2D eigenvalue weighted by Crippen LogP contribution is -2.01. The number of aryl methyl sites for hydroxylation is 2. The number of aromatic hydroxyl groups is 1. The van der Waals surface area contributed by atoms with Crippen LogP contribution in [0.15, 0.2) is 18.2 Å². The Kier molecular flexibility index (Phi) is 3.46. The van der Waals surface area contributed by atoms with E-state index >= 15 is 0 Å². The van der Waals surface area contributed by atoms with Crippen LogP contribution in [0.1, 0.15) is 36.8 Å². The third-order valence-electron chi connectivity index (χ3n) is 3.09. The van der Waals surface area contributed by atoms with Gasteiger partial charge in [0.15, 0.2) is 0 Å². The van der Waals surface area contributed by atoms with Gasteiger partial charge in [0.05, 0.1) is 6.07 Å². The average Bonchev–Trinajstić information content (AvgIpc) is 3.13. The molecule has 3 rings (SSSR count). The molecule has 1 N–H and O–H groups in total. The third kappa shape index (κ3) is 3.00. The minimum atomic E-state index is 0.408. The van der Waals surface area contributed by atoms with Crippen LogP contribution in [0.2, 0.25) is 0 Å². The molecular weight excluding hydrogens is 198 g/mol. The Hall–Kier alpha value is -1.49. The van der Waals surface area contributed by atoms with Crippen LogP contribution in [0, 0.1) is 17.2 Å². The van der Waals surface area contributed by atoms with E-state index in [-0.39, 0.29) is 0 Å². The van der Waals surface area contributed by atoms with Crippen molar-refractivity contribution in [3.05, 3.63) is 29.3 Å². The number of rotatable bonds is 0. The second kappa shape index (κ2) is 5.03. The van der Waals surface area contributed by atoms with Crippen molar-refractivity contribution in [1.29, 1.82) is 5.26 Å². The predicted molar refractivity (Wildman–Crippen MR) is 63.1 cm³/mol. The summed E-state index contributed by atoms with van der Waals surface area (Å²) in [6, 6.07) is 7.86. The van der Waals surface area contributed by atoms with Crippen LogP contribution >= 0.6 is 0 Å². The van der Waals surface area contributed by atoms with Gasteiger partial charge in [0.1, 0.15) is 5.75 Å². The van der Waals surface area contributed by atoms with Gasteiger partial charge >= 0.3 is 0 Å². The standard InChI is InChI=1S/C10H12O.C4H5N/c11-10-6-5-8-3-1-2-4-9(8)7-10;5-3-4-1-2-4/h5-7,11H,1-4H2;4H,1-2H2. The molecule has 0 spiro atoms. The zero-order valence-electron chi connectivity index (χ0n) is 9.45. The van der Waals surface area contributed by atoms with E-state index in [4.69, 9.17) is 5.26 Å². The van der Waals surface area contributed by atoms with Gasteiger partial charge < -0.3 is 5.11 Å². The van der Waals surface area contributed by atoms with Crippen molar-refractivity contribution < 1.29 is 5.11 Å². The number of phenolic OH excluding ortho intramolecular Hbond substituents is 1. The van der Waals surface area contributed by atoms with Gasteiger partial charge in [-0.25, -0.2) is 0 Å². The van der Waals surface area contributed by atoms with E-state index in [0.717, 1.165) is 19.3 Å². The Labute approximate surface area is 96.5 Å². The highest BCUT2D eigenvalue weighted by atomic mass is 16.3. The van der Waals surface area contributed by atoms with Crippen molar-refractivity contribution in [2.24, 2.45) is 5.92 Å². The van der Waals surface area contributed by atoms with Crippen molar-refractivity contribution in [2.45, 2.75) is 38.5 Å². The van der Waals surface area contributed by atoms with Gasteiger partial charge in [-0.15, -0.1) is 0 Å². The molecule has 0 radical (unpaired) electrons. The molecule has 1 aromatic carbocycles. The summed E-state index contributed by atoms with van der Waals surface area (Å²) in [5.41, 5.74) is 2.77. The van der Waals surface area contributed by atoms with Crippen molar-refractivity contribution in [2.75, 3.05) is 0 Å². The first-order valence-electron chi connectivity index (χ1n) is 6.00. The van der Waals surface area contributed by atoms with E-state index in [1.54, 1.807) is 6.07 Å². The first-order chi connectivity index (χ1) is 7.79. The lowest BCUT2D eigenvalue weighted by atomic mass is 9.92. The molecule has 0 heterocycles. The first-order valence-corrected chi connectivity index (χ1v) is 6.00. The molecule has 0 saturated heterocycles. The van der Waals surface area contributed by atoms with Crippen LogP contribution in [-0.4, -0.2) is 5.11 Å². The van der Waals surface area contributed by atoms with E-state index in [2.05, 4.69) is 6.07 Å². The zero-order chi connectivity index (χ0) is 11.4. The van der Waals surface area contributed by atoms with Gasteiger partial charge in [0.25, 0.3) is 0 Å². The molecule has 2 nitrogen and oxygen atoms in total. The molecule has 84 valence electrons. The van der Waals surface area contributed by atoms with Gasteiger partial charge in [-0.1, -0.05) is 6.07 Å². The monoisotopic (exact) mass is 215 g/mol. The molecule has 1 aromatic rings. The van der Waals surface area contributed by atoms with E-state index < -0.39 is 0 Å². The summed E-state index contributed by atoms with van der Waals surface area (Å²) in [5.74, 6) is 0.848. The normalized spacial score (nSPS) is 17.7. The summed E-state index contributed by atoms with van der Waals surface area (Å²) < 4.78 is 0. The van der Waals surface area contributed by atoms with Crippen LogP contribution in [0.25, 0.3) is 0 Å². The van der Waals surface area contributed by atoms with Crippen LogP contribution in [0.5, 0.6) is 5.75 Å². The number of nitrogens with zero attached hydrogens (tertiary/aromatic N) is 1. The Morgan fingerprint density at radius 3 is 2.38 bits per heavy atom. The van der Waals surface area contributed by atoms with Crippen molar-refractivity contribution >= 4 is 0 Å². The van der Waals surface area contributed by atoms with Crippen LogP contribution < -0.4 is 0 Å². The molecule has 0 amide bonds. The van der Waals surface area contributed by atoms with Gasteiger partial charge in [0, 0.05) is 5.92 Å². The van der Waals surface area contributed by atoms with Gasteiger partial charge in [-0.2, -0.15) is 5.26 Å². The van der Waals surface area contributed by atoms with Crippen molar-refractivity contribution in [1.82, 2.24) is 0 Å². The third-order valence-corrected chi connectivity index (χ3v) is 3.09. The lowest BCUT2D eigenvalue weighted by molar-refractivity contribution is 0.473. The van der Waals surface area contributed by atoms with E-state index in [9.17, 15) is 5.11 Å². The molecule has 1 fully saturated rings. The van der Waals surface area contributed by atoms with Gasteiger partial charge in [0.2, 0.25) is 0 Å². The highest BCUT2D eigenvalue weighted by Crippen LogP contribution is 2.26. The molecule has 0 aliphatic heterocycles. The molecule has 0 unspecified atom stereocenters. The maximum atomic E-state index is 9.19. The number of hydrogen-bond donors (Lipinski definition) is 1. The molecule has 16 heavy (non-hydrogen) atoms. The minimum Gasteiger partial charge on any atom is -0.508 e. The van der Waals surface area contributed by atoms with E-state index in [1.165, 1.54) is 30.4 Å². The topological polar surface area (TPSA) is 44.0 Å². The Balaban J connectivity index is 0.000000162. The number of fused-ring (bicyclic) bond motifs is 1. The molecule has 0 aromatic heterocycles. The molecule has 2 aliphatic rings. The summed E-state index contributed by atoms with van der Waals surface area (Å²) in [6.45, 7) is 0. The maximum Gasteiger partial charge on any atom is 0.115 e. The predicted octanol–water partition coefficient (Wildman–Crippen LogP) is 3.19. The highest BCUT2D eigenvalue weighted by Gasteiger charge is 2.19. The largest absolute Gasteiger partial charge is 0.508 e. The molecule has 0 atom stereocenters. The minimum absolute atomic E-state index is 0.408. The summed E-state index contributed by atoms with van der Waals surface area (Å²) in [5, 5.41) is 17.1. The number of phenols is 1. The maximum absolute atomic E-state index is 9.19. The fourth-order valence-corrected chi connectivity index (χ4v) is 1.93. The first kappa shape index (κ1) is 11.0. The smallest absolute Gasteiger partial charge is 0.115 e. The molecule has 2 heteroatoms. The fraction of sp³-hybridized carbons (Fsp3) is 0.500. The Morgan fingerprint density at radius 2 is 1.81 bits per heavy atom. The van der Waals surface area contributed by atoms with Crippen LogP contribution in [0.4, 0.5) is 0 Å². The number of nitriles is 1. The molecule has 1 saturated carbocycles. The quantitative estimate of drug-likeness (QED) is 0.722. The lowest BCUT2D eigenvalue weighted by Gasteiger charge is -2.14. The zero-order valence-corrected chi connectivity index (χ0v) is 9.45. The molecule has 2 aliphatic carbocycles. The van der Waals surface area contributed by atoms with Gasteiger partial charge in [-0.3, -0.25) is 0 Å². The van der Waals surface area contributed by atoms with Crippen molar-refractivity contribution in [3.63, 3.8) is 0 Å². The van der Waals surface area contributed by atoms with E-state index in [0.29, 0.717) is 11.7 Å². The van der Waals surface area contributed by atoms with Crippen LogP contribution in [-0.2, 0) is 12.8 Å². The highest BCUT2D eigenvalue weighted by molar-refractivity contribution is 5.36. The van der Waals surface area contributed by atoms with Crippen LogP contribution in [0.3, 0.4) is 0 Å². The summed E-state index contributed by atoms with van der Waals surface area (Å²) >= 11 is 0. The Bertz CT molecular complexity index is 402. The molecular formula is C14H17NO. The van der Waals surface area contributed by atoms with Gasteiger partial charge in [-0.05, 0) is 61.8 Å². The summed E-state index contributed by atoms with van der Waals surface area (Å²) in [7, 11) is 0. The second-order valence-electron chi connectivity index (χ2n) is 4.56. The summed E-state index contributed by atoms with van der Waals surface area (Å²) in [6.07, 6.45) is 7.21.